The molecule has 0 radical (unpaired) electrons. The van der Waals surface area contributed by atoms with Gasteiger partial charge in [0.05, 0.1) is 18.4 Å². The quantitative estimate of drug-likeness (QED) is 0.763. The Morgan fingerprint density at radius 2 is 2.44 bits per heavy atom. The fourth-order valence-electron chi connectivity index (χ4n) is 1.24. The highest BCUT2D eigenvalue weighted by atomic mass is 32.1. The SMILES string of the molecule is Cc1ccc(CNC(=O)Nc2cn[nH]c2)s1. The fourth-order valence-corrected chi connectivity index (χ4v) is 2.07. The summed E-state index contributed by atoms with van der Waals surface area (Å²) in [7, 11) is 0. The highest BCUT2D eigenvalue weighted by molar-refractivity contribution is 7.11. The van der Waals surface area contributed by atoms with Gasteiger partial charge in [0.25, 0.3) is 0 Å². The van der Waals surface area contributed by atoms with Crippen LogP contribution in [0.25, 0.3) is 0 Å². The number of nitrogens with one attached hydrogen (secondary N) is 3. The third-order valence-corrected chi connectivity index (χ3v) is 2.98. The van der Waals surface area contributed by atoms with Crippen LogP contribution in [-0.2, 0) is 6.54 Å². The number of carbonyl (C=O) groups is 1. The summed E-state index contributed by atoms with van der Waals surface area (Å²) in [6.45, 7) is 2.59. The molecule has 84 valence electrons. The molecule has 2 heterocycles. The van der Waals surface area contributed by atoms with Crippen LogP contribution in [0, 0.1) is 6.92 Å². The molecule has 0 saturated heterocycles. The second-order valence-electron chi connectivity index (χ2n) is 3.31. The van der Waals surface area contributed by atoms with E-state index >= 15 is 0 Å². The topological polar surface area (TPSA) is 69.8 Å². The summed E-state index contributed by atoms with van der Waals surface area (Å²) in [6, 6.07) is 3.82. The van der Waals surface area contributed by atoms with Crippen molar-refractivity contribution in [2.24, 2.45) is 0 Å². The van der Waals surface area contributed by atoms with E-state index in [9.17, 15) is 4.79 Å². The van der Waals surface area contributed by atoms with E-state index in [0.717, 1.165) is 4.88 Å². The van der Waals surface area contributed by atoms with E-state index in [-0.39, 0.29) is 6.03 Å². The van der Waals surface area contributed by atoms with Crippen molar-refractivity contribution in [2.75, 3.05) is 5.32 Å². The Balaban J connectivity index is 1.80. The first-order valence-electron chi connectivity index (χ1n) is 4.83. The van der Waals surface area contributed by atoms with E-state index in [1.54, 1.807) is 23.7 Å². The molecule has 0 atom stereocenters. The maximum absolute atomic E-state index is 11.4. The molecular weight excluding hydrogens is 224 g/mol. The lowest BCUT2D eigenvalue weighted by molar-refractivity contribution is 0.252. The lowest BCUT2D eigenvalue weighted by atomic mass is 10.4. The molecule has 2 aromatic heterocycles. The van der Waals surface area contributed by atoms with Crippen LogP contribution in [-0.4, -0.2) is 16.2 Å². The van der Waals surface area contributed by atoms with Gasteiger partial charge in [0.15, 0.2) is 0 Å². The second-order valence-corrected chi connectivity index (χ2v) is 4.68. The number of aromatic nitrogens is 2. The van der Waals surface area contributed by atoms with E-state index in [1.165, 1.54) is 4.88 Å². The number of aryl methyl sites for hydroxylation is 1. The number of carbonyl (C=O) groups excluding carboxylic acids is 1. The Hall–Kier alpha value is -1.82. The maximum atomic E-state index is 11.4. The number of aromatic amines is 1. The van der Waals surface area contributed by atoms with Gasteiger partial charge in [0.2, 0.25) is 0 Å². The minimum atomic E-state index is -0.229. The molecule has 2 amide bonds. The molecule has 6 heteroatoms. The largest absolute Gasteiger partial charge is 0.333 e. The van der Waals surface area contributed by atoms with Gasteiger partial charge in [-0.25, -0.2) is 4.79 Å². The predicted molar refractivity (Wildman–Crippen MR) is 63.5 cm³/mol. The van der Waals surface area contributed by atoms with E-state index in [0.29, 0.717) is 12.2 Å². The van der Waals surface area contributed by atoms with Gasteiger partial charge in [-0.15, -0.1) is 11.3 Å². The molecule has 3 N–H and O–H groups in total. The van der Waals surface area contributed by atoms with E-state index in [1.807, 2.05) is 19.1 Å². The van der Waals surface area contributed by atoms with Crippen molar-refractivity contribution < 1.29 is 4.79 Å². The minimum absolute atomic E-state index is 0.229. The van der Waals surface area contributed by atoms with Crippen LogP contribution in [0.1, 0.15) is 9.75 Å². The first-order chi connectivity index (χ1) is 7.74. The van der Waals surface area contributed by atoms with Crippen molar-refractivity contribution in [1.29, 1.82) is 0 Å². The number of hydrogen-bond acceptors (Lipinski definition) is 3. The Labute approximate surface area is 96.9 Å². The summed E-state index contributed by atoms with van der Waals surface area (Å²) in [6.07, 6.45) is 3.17. The van der Waals surface area contributed by atoms with E-state index in [2.05, 4.69) is 20.8 Å². The summed E-state index contributed by atoms with van der Waals surface area (Å²) in [5, 5.41) is 11.8. The lowest BCUT2D eigenvalue weighted by Gasteiger charge is -2.03. The average Bonchev–Trinajstić information content (AvgIpc) is 2.87. The smallest absolute Gasteiger partial charge is 0.319 e. The van der Waals surface area contributed by atoms with Gasteiger partial charge in [0.1, 0.15) is 0 Å². The second kappa shape index (κ2) is 4.80. The van der Waals surface area contributed by atoms with Crippen LogP contribution >= 0.6 is 11.3 Å². The summed E-state index contributed by atoms with van der Waals surface area (Å²) in [4.78, 5) is 13.8. The zero-order chi connectivity index (χ0) is 11.4. The molecule has 5 nitrogen and oxygen atoms in total. The molecule has 0 fully saturated rings. The molecular formula is C10H12N4OS. The number of nitrogens with zero attached hydrogens (tertiary/aromatic N) is 1. The Morgan fingerprint density at radius 1 is 1.56 bits per heavy atom. The van der Waals surface area contributed by atoms with Gasteiger partial charge in [-0.2, -0.15) is 5.10 Å². The van der Waals surface area contributed by atoms with Gasteiger partial charge in [-0.1, -0.05) is 0 Å². The lowest BCUT2D eigenvalue weighted by Crippen LogP contribution is -2.27. The molecule has 16 heavy (non-hydrogen) atoms. The Morgan fingerprint density at radius 3 is 3.06 bits per heavy atom. The van der Waals surface area contributed by atoms with Crippen LogP contribution in [0.4, 0.5) is 10.5 Å². The van der Waals surface area contributed by atoms with Crippen molar-refractivity contribution in [3.05, 3.63) is 34.3 Å². The molecule has 0 aliphatic carbocycles. The normalized spacial score (nSPS) is 10.1. The third-order valence-electron chi connectivity index (χ3n) is 1.98. The molecule has 0 spiro atoms. The zero-order valence-electron chi connectivity index (χ0n) is 8.78. The average molecular weight is 236 g/mol. The highest BCUT2D eigenvalue weighted by Gasteiger charge is 2.03. The molecule has 0 aromatic carbocycles. The molecule has 2 aromatic rings. The van der Waals surface area contributed by atoms with Crippen molar-refractivity contribution >= 4 is 23.1 Å². The first kappa shape index (κ1) is 10.7. The summed E-state index contributed by atoms with van der Waals surface area (Å²) >= 11 is 1.68. The number of hydrogen-bond donors (Lipinski definition) is 3. The summed E-state index contributed by atoms with van der Waals surface area (Å²) in [5.41, 5.74) is 0.653. The zero-order valence-corrected chi connectivity index (χ0v) is 9.60. The number of rotatable bonds is 3. The minimum Gasteiger partial charge on any atom is -0.333 e. The number of H-pyrrole nitrogens is 1. The number of anilines is 1. The molecule has 0 aliphatic heterocycles. The molecule has 0 bridgehead atoms. The first-order valence-corrected chi connectivity index (χ1v) is 5.64. The highest BCUT2D eigenvalue weighted by Crippen LogP contribution is 2.14. The number of amides is 2. The molecule has 2 rings (SSSR count). The number of urea groups is 1. The van der Waals surface area contributed by atoms with Gasteiger partial charge in [-0.3, -0.25) is 5.10 Å². The van der Waals surface area contributed by atoms with Crippen molar-refractivity contribution in [3.63, 3.8) is 0 Å². The van der Waals surface area contributed by atoms with Crippen LogP contribution in [0.5, 0.6) is 0 Å². The van der Waals surface area contributed by atoms with Gasteiger partial charge in [-0.05, 0) is 19.1 Å². The molecule has 0 saturated carbocycles. The van der Waals surface area contributed by atoms with Gasteiger partial charge >= 0.3 is 6.03 Å². The van der Waals surface area contributed by atoms with Crippen LogP contribution < -0.4 is 10.6 Å². The van der Waals surface area contributed by atoms with Gasteiger partial charge < -0.3 is 10.6 Å². The van der Waals surface area contributed by atoms with Crippen molar-refractivity contribution in [3.8, 4) is 0 Å². The van der Waals surface area contributed by atoms with Gasteiger partial charge in [0, 0.05) is 16.0 Å². The van der Waals surface area contributed by atoms with E-state index in [4.69, 9.17) is 0 Å². The van der Waals surface area contributed by atoms with Crippen molar-refractivity contribution in [2.45, 2.75) is 13.5 Å². The van der Waals surface area contributed by atoms with Crippen LogP contribution in [0.3, 0.4) is 0 Å². The summed E-state index contributed by atoms with van der Waals surface area (Å²) < 4.78 is 0. The molecule has 0 unspecified atom stereocenters. The Bertz CT molecular complexity index is 463. The maximum Gasteiger partial charge on any atom is 0.319 e. The monoisotopic (exact) mass is 236 g/mol. The van der Waals surface area contributed by atoms with Crippen LogP contribution in [0.2, 0.25) is 0 Å². The van der Waals surface area contributed by atoms with Crippen LogP contribution in [0.15, 0.2) is 24.5 Å². The summed E-state index contributed by atoms with van der Waals surface area (Å²) in [5.74, 6) is 0. The standard InChI is InChI=1S/C10H12N4OS/c1-7-2-3-9(16-7)6-11-10(15)14-8-4-12-13-5-8/h2-5H,6H2,1H3,(H,12,13)(H2,11,14,15). The van der Waals surface area contributed by atoms with E-state index < -0.39 is 0 Å². The third kappa shape index (κ3) is 2.83. The Kier molecular flexibility index (Phi) is 3.21. The van der Waals surface area contributed by atoms with Crippen molar-refractivity contribution in [1.82, 2.24) is 15.5 Å². The molecule has 0 aliphatic rings. The predicted octanol–water partition coefficient (Wildman–Crippen LogP) is 2.10. The number of thiophene rings is 1. The fraction of sp³-hybridized carbons (Fsp3) is 0.200.